The third-order valence-electron chi connectivity index (χ3n) is 3.11. The van der Waals surface area contributed by atoms with Crippen molar-refractivity contribution in [2.45, 2.75) is 32.7 Å². The van der Waals surface area contributed by atoms with E-state index in [9.17, 15) is 4.79 Å². The molecule has 0 aromatic carbocycles. The highest BCUT2D eigenvalue weighted by Crippen LogP contribution is 2.11. The largest absolute Gasteiger partial charge is 0.464 e. The minimum atomic E-state index is 0.120. The van der Waals surface area contributed by atoms with Crippen LogP contribution in [-0.2, 0) is 11.3 Å². The molecule has 1 aromatic rings. The summed E-state index contributed by atoms with van der Waals surface area (Å²) in [6.07, 6.45) is 1.88. The highest BCUT2D eigenvalue weighted by Gasteiger charge is 2.15. The molecule has 1 rings (SSSR count). The number of aliphatic hydroxyl groups is 1. The van der Waals surface area contributed by atoms with Gasteiger partial charge in [0.2, 0.25) is 5.91 Å². The van der Waals surface area contributed by atoms with Gasteiger partial charge < -0.3 is 19.3 Å². The van der Waals surface area contributed by atoms with Gasteiger partial charge >= 0.3 is 0 Å². The van der Waals surface area contributed by atoms with Crippen molar-refractivity contribution >= 4 is 5.91 Å². The zero-order valence-electron chi connectivity index (χ0n) is 12.8. The molecule has 1 amide bonds. The molecule has 0 saturated carbocycles. The maximum absolute atomic E-state index is 12.2. The van der Waals surface area contributed by atoms with Crippen LogP contribution in [0.5, 0.6) is 0 Å². The number of hydrogen-bond acceptors (Lipinski definition) is 4. The summed E-state index contributed by atoms with van der Waals surface area (Å²) >= 11 is 0. The van der Waals surface area contributed by atoms with E-state index in [2.05, 4.69) is 4.90 Å². The van der Waals surface area contributed by atoms with E-state index in [1.54, 1.807) is 0 Å². The first-order chi connectivity index (χ1) is 9.52. The highest BCUT2D eigenvalue weighted by molar-refractivity contribution is 5.76. The molecular formula is C15H26N2O3. The molecule has 0 unspecified atom stereocenters. The van der Waals surface area contributed by atoms with Crippen molar-refractivity contribution in [3.8, 4) is 0 Å². The Morgan fingerprint density at radius 3 is 2.55 bits per heavy atom. The van der Waals surface area contributed by atoms with Gasteiger partial charge in [-0.25, -0.2) is 0 Å². The van der Waals surface area contributed by atoms with Crippen molar-refractivity contribution in [3.05, 3.63) is 23.7 Å². The van der Waals surface area contributed by atoms with Gasteiger partial charge in [0.15, 0.2) is 0 Å². The lowest BCUT2D eigenvalue weighted by Gasteiger charge is -2.23. The second-order valence-corrected chi connectivity index (χ2v) is 5.31. The predicted molar refractivity (Wildman–Crippen MR) is 78.4 cm³/mol. The number of carbonyl (C=O) groups excluding carboxylic acids is 1. The van der Waals surface area contributed by atoms with E-state index in [-0.39, 0.29) is 12.5 Å². The Balaban J connectivity index is 2.56. The van der Waals surface area contributed by atoms with E-state index in [4.69, 9.17) is 9.52 Å². The zero-order chi connectivity index (χ0) is 15.0. The molecule has 1 aromatic heterocycles. The fraction of sp³-hybridized carbons (Fsp3) is 0.667. The van der Waals surface area contributed by atoms with Gasteiger partial charge in [-0.3, -0.25) is 4.79 Å². The number of aliphatic hydroxyl groups excluding tert-OH is 1. The van der Waals surface area contributed by atoms with Crippen LogP contribution in [0.15, 0.2) is 16.5 Å². The third-order valence-corrected chi connectivity index (χ3v) is 3.11. The van der Waals surface area contributed by atoms with Crippen LogP contribution in [0.2, 0.25) is 0 Å². The van der Waals surface area contributed by atoms with Crippen LogP contribution in [0.3, 0.4) is 0 Å². The number of likely N-dealkylation sites (N-methyl/N-ethyl adjacent to an activating group) is 1. The second-order valence-electron chi connectivity index (χ2n) is 5.31. The first-order valence-corrected chi connectivity index (χ1v) is 7.11. The summed E-state index contributed by atoms with van der Waals surface area (Å²) in [5.74, 6) is 1.80. The molecule has 1 N–H and O–H groups in total. The molecule has 0 fully saturated rings. The maximum atomic E-state index is 12.2. The topological polar surface area (TPSA) is 56.9 Å². The van der Waals surface area contributed by atoms with Gasteiger partial charge in [-0.2, -0.15) is 0 Å². The van der Waals surface area contributed by atoms with E-state index in [0.717, 1.165) is 24.5 Å². The lowest BCUT2D eigenvalue weighted by Crippen LogP contribution is -2.36. The molecule has 20 heavy (non-hydrogen) atoms. The second kappa shape index (κ2) is 8.76. The quantitative estimate of drug-likeness (QED) is 0.700. The third kappa shape index (κ3) is 6.21. The Morgan fingerprint density at radius 1 is 1.25 bits per heavy atom. The number of amides is 1. The Morgan fingerprint density at radius 2 is 2.00 bits per heavy atom. The fourth-order valence-corrected chi connectivity index (χ4v) is 1.92. The van der Waals surface area contributed by atoms with Gasteiger partial charge in [-0.1, -0.05) is 0 Å². The molecule has 0 aliphatic rings. The molecule has 0 bridgehead atoms. The van der Waals surface area contributed by atoms with Gasteiger partial charge in [0.1, 0.15) is 11.5 Å². The summed E-state index contributed by atoms with van der Waals surface area (Å²) in [5, 5.41) is 8.79. The average Bonchev–Trinajstić information content (AvgIpc) is 2.80. The van der Waals surface area contributed by atoms with E-state index in [0.29, 0.717) is 25.9 Å². The first-order valence-electron chi connectivity index (χ1n) is 7.11. The van der Waals surface area contributed by atoms with Crippen molar-refractivity contribution in [2.75, 3.05) is 33.8 Å². The molecule has 5 nitrogen and oxygen atoms in total. The molecule has 114 valence electrons. The molecular weight excluding hydrogens is 256 g/mol. The van der Waals surface area contributed by atoms with Gasteiger partial charge in [0.05, 0.1) is 6.54 Å². The van der Waals surface area contributed by atoms with Crippen LogP contribution < -0.4 is 0 Å². The van der Waals surface area contributed by atoms with Crippen LogP contribution in [0.25, 0.3) is 0 Å². The molecule has 0 aliphatic carbocycles. The van der Waals surface area contributed by atoms with Gasteiger partial charge in [0.25, 0.3) is 0 Å². The fourth-order valence-electron chi connectivity index (χ4n) is 1.92. The van der Waals surface area contributed by atoms with Crippen LogP contribution >= 0.6 is 0 Å². The number of furan rings is 1. The van der Waals surface area contributed by atoms with Crippen molar-refractivity contribution in [3.63, 3.8) is 0 Å². The highest BCUT2D eigenvalue weighted by atomic mass is 16.3. The number of hydrogen-bond donors (Lipinski definition) is 1. The number of nitrogens with zero attached hydrogens (tertiary/aromatic N) is 2. The summed E-state index contributed by atoms with van der Waals surface area (Å²) in [6.45, 7) is 4.06. The van der Waals surface area contributed by atoms with E-state index >= 15 is 0 Å². The van der Waals surface area contributed by atoms with Gasteiger partial charge in [-0.05, 0) is 46.0 Å². The lowest BCUT2D eigenvalue weighted by atomic mass is 10.2. The van der Waals surface area contributed by atoms with Crippen molar-refractivity contribution in [1.29, 1.82) is 0 Å². The zero-order valence-corrected chi connectivity index (χ0v) is 12.8. The normalized spacial score (nSPS) is 11.1. The Kier molecular flexibility index (Phi) is 7.33. The van der Waals surface area contributed by atoms with Crippen molar-refractivity contribution < 1.29 is 14.3 Å². The number of carbonyl (C=O) groups is 1. The summed E-state index contributed by atoms with van der Waals surface area (Å²) in [7, 11) is 3.98. The van der Waals surface area contributed by atoms with Crippen LogP contribution in [-0.4, -0.2) is 54.6 Å². The van der Waals surface area contributed by atoms with Gasteiger partial charge in [0, 0.05) is 26.1 Å². The molecule has 0 spiro atoms. The Labute approximate surface area is 121 Å². The SMILES string of the molecule is Cc1ccc(CN(CCN(C)C)C(=O)CCCCO)o1. The molecule has 0 aliphatic heterocycles. The summed E-state index contributed by atoms with van der Waals surface area (Å²) < 4.78 is 5.55. The van der Waals surface area contributed by atoms with Gasteiger partial charge in [-0.15, -0.1) is 0 Å². The smallest absolute Gasteiger partial charge is 0.223 e. The average molecular weight is 282 g/mol. The summed E-state index contributed by atoms with van der Waals surface area (Å²) in [4.78, 5) is 16.1. The lowest BCUT2D eigenvalue weighted by molar-refractivity contribution is -0.132. The minimum Gasteiger partial charge on any atom is -0.464 e. The van der Waals surface area contributed by atoms with Crippen molar-refractivity contribution in [1.82, 2.24) is 9.80 Å². The van der Waals surface area contributed by atoms with E-state index in [1.165, 1.54) is 0 Å². The number of unbranched alkanes of at least 4 members (excludes halogenated alkanes) is 1. The standard InChI is InChI=1S/C15H26N2O3/c1-13-7-8-14(20-13)12-17(10-9-16(2)3)15(19)6-4-5-11-18/h7-8,18H,4-6,9-12H2,1-3H3. The molecule has 0 radical (unpaired) electrons. The molecule has 0 atom stereocenters. The number of aryl methyl sites for hydroxylation is 1. The Bertz CT molecular complexity index is 402. The van der Waals surface area contributed by atoms with E-state index in [1.807, 2.05) is 38.1 Å². The predicted octanol–water partition coefficient (Wildman–Crippen LogP) is 1.64. The Hall–Kier alpha value is -1.33. The van der Waals surface area contributed by atoms with Crippen LogP contribution in [0.1, 0.15) is 30.8 Å². The molecule has 1 heterocycles. The first kappa shape index (κ1) is 16.7. The molecule has 5 heteroatoms. The maximum Gasteiger partial charge on any atom is 0.223 e. The van der Waals surface area contributed by atoms with Crippen LogP contribution in [0.4, 0.5) is 0 Å². The van der Waals surface area contributed by atoms with Crippen LogP contribution in [0, 0.1) is 6.92 Å². The number of rotatable bonds is 9. The monoisotopic (exact) mass is 282 g/mol. The van der Waals surface area contributed by atoms with Crippen molar-refractivity contribution in [2.24, 2.45) is 0 Å². The molecule has 0 saturated heterocycles. The van der Waals surface area contributed by atoms with E-state index < -0.39 is 0 Å². The minimum absolute atomic E-state index is 0.120. The summed E-state index contributed by atoms with van der Waals surface area (Å²) in [6, 6.07) is 3.83. The summed E-state index contributed by atoms with van der Waals surface area (Å²) in [5.41, 5.74) is 0.